The van der Waals surface area contributed by atoms with Crippen molar-refractivity contribution in [1.29, 1.82) is 0 Å². The molecule has 0 radical (unpaired) electrons. The van der Waals surface area contributed by atoms with Crippen molar-refractivity contribution in [2.45, 2.75) is 17.2 Å². The lowest BCUT2D eigenvalue weighted by Crippen LogP contribution is -1.88. The molecule has 0 amide bonds. The van der Waals surface area contributed by atoms with Gasteiger partial charge in [0.2, 0.25) is 11.7 Å². The summed E-state index contributed by atoms with van der Waals surface area (Å²) in [4.78, 5) is 5.43. The van der Waals surface area contributed by atoms with E-state index in [1.54, 1.807) is 39.9 Å². The Kier molecular flexibility index (Phi) is 4.21. The summed E-state index contributed by atoms with van der Waals surface area (Å²) in [5.41, 5.74) is 1.74. The van der Waals surface area contributed by atoms with Gasteiger partial charge in [-0.2, -0.15) is 4.98 Å². The zero-order valence-electron chi connectivity index (χ0n) is 9.85. The fourth-order valence-corrected chi connectivity index (χ4v) is 3.62. The van der Waals surface area contributed by atoms with Gasteiger partial charge in [-0.3, -0.25) is 0 Å². The van der Waals surface area contributed by atoms with Crippen LogP contribution < -0.4 is 0 Å². The molecule has 8 heteroatoms. The Morgan fingerprint density at radius 1 is 1.32 bits per heavy atom. The normalized spacial score (nSPS) is 10.9. The first-order valence-corrected chi connectivity index (χ1v) is 8.42. The van der Waals surface area contributed by atoms with Gasteiger partial charge in [0.15, 0.2) is 4.34 Å². The van der Waals surface area contributed by atoms with Gasteiger partial charge in [-0.15, -0.1) is 21.5 Å². The summed E-state index contributed by atoms with van der Waals surface area (Å²) in [5.74, 6) is 2.36. The summed E-state index contributed by atoms with van der Waals surface area (Å²) in [5, 5.41) is 13.8. The molecule has 0 aromatic carbocycles. The Morgan fingerprint density at radius 3 is 3.11 bits per heavy atom. The highest BCUT2D eigenvalue weighted by atomic mass is 32.2. The van der Waals surface area contributed by atoms with Crippen molar-refractivity contribution in [3.63, 3.8) is 0 Å². The predicted molar refractivity (Wildman–Crippen MR) is 76.6 cm³/mol. The van der Waals surface area contributed by atoms with Crippen LogP contribution in [0.15, 0.2) is 31.9 Å². The van der Waals surface area contributed by atoms with E-state index in [1.807, 2.05) is 17.5 Å². The second kappa shape index (κ2) is 6.27. The van der Waals surface area contributed by atoms with Crippen LogP contribution >= 0.6 is 34.4 Å². The summed E-state index contributed by atoms with van der Waals surface area (Å²) in [7, 11) is 0. The molecule has 0 N–H and O–H groups in total. The van der Waals surface area contributed by atoms with Crippen LogP contribution in [0.25, 0.3) is 10.7 Å². The van der Waals surface area contributed by atoms with Gasteiger partial charge in [-0.05, 0) is 17.9 Å². The SMILES string of the molecule is c1csc(-c2noc(CCCSc3nncs3)n2)c1. The Balaban J connectivity index is 1.48. The topological polar surface area (TPSA) is 64.7 Å². The van der Waals surface area contributed by atoms with Gasteiger partial charge in [-0.1, -0.05) is 34.3 Å². The van der Waals surface area contributed by atoms with Crippen LogP contribution in [0.4, 0.5) is 0 Å². The molecule has 0 aliphatic carbocycles. The van der Waals surface area contributed by atoms with Gasteiger partial charge in [0.25, 0.3) is 0 Å². The second-order valence-electron chi connectivity index (χ2n) is 3.65. The molecule has 0 saturated carbocycles. The highest BCUT2D eigenvalue weighted by Gasteiger charge is 2.09. The number of rotatable bonds is 6. The Labute approximate surface area is 122 Å². The number of thioether (sulfide) groups is 1. The van der Waals surface area contributed by atoms with Crippen LogP contribution in [0.5, 0.6) is 0 Å². The van der Waals surface area contributed by atoms with E-state index in [1.165, 1.54) is 0 Å². The van der Waals surface area contributed by atoms with Gasteiger partial charge in [-0.25, -0.2) is 0 Å². The predicted octanol–water partition coefficient (Wildman–Crippen LogP) is 3.37. The first-order valence-electron chi connectivity index (χ1n) is 5.67. The van der Waals surface area contributed by atoms with Gasteiger partial charge in [0.1, 0.15) is 5.51 Å². The average Bonchev–Trinajstić information content (AvgIpc) is 3.15. The number of hydrogen-bond donors (Lipinski definition) is 0. The molecule has 0 saturated heterocycles. The van der Waals surface area contributed by atoms with E-state index in [9.17, 15) is 0 Å². The molecule has 3 heterocycles. The summed E-state index contributed by atoms with van der Waals surface area (Å²) in [6, 6.07) is 3.97. The number of nitrogens with zero attached hydrogens (tertiary/aromatic N) is 4. The lowest BCUT2D eigenvalue weighted by molar-refractivity contribution is 0.378. The molecular formula is C11H10N4OS3. The summed E-state index contributed by atoms with van der Waals surface area (Å²) in [6.45, 7) is 0. The van der Waals surface area contributed by atoms with E-state index < -0.39 is 0 Å². The van der Waals surface area contributed by atoms with Crippen LogP contribution in [0.1, 0.15) is 12.3 Å². The quantitative estimate of drug-likeness (QED) is 0.514. The van der Waals surface area contributed by atoms with Crippen molar-refractivity contribution in [2.75, 3.05) is 5.75 Å². The Hall–Kier alpha value is -1.25. The van der Waals surface area contributed by atoms with Gasteiger partial charge < -0.3 is 4.52 Å². The molecule has 0 aliphatic heterocycles. The van der Waals surface area contributed by atoms with Gasteiger partial charge in [0.05, 0.1) is 4.88 Å². The first-order chi connectivity index (χ1) is 9.42. The molecule has 0 atom stereocenters. The smallest absolute Gasteiger partial charge is 0.227 e. The van der Waals surface area contributed by atoms with E-state index in [2.05, 4.69) is 20.3 Å². The average molecular weight is 310 g/mol. The largest absolute Gasteiger partial charge is 0.339 e. The van der Waals surface area contributed by atoms with Crippen LogP contribution in [0.2, 0.25) is 0 Å². The highest BCUT2D eigenvalue weighted by Crippen LogP contribution is 2.23. The zero-order chi connectivity index (χ0) is 12.9. The van der Waals surface area contributed by atoms with Crippen molar-refractivity contribution in [3.8, 4) is 10.7 Å². The Morgan fingerprint density at radius 2 is 2.32 bits per heavy atom. The number of hydrogen-bond acceptors (Lipinski definition) is 8. The van der Waals surface area contributed by atoms with Crippen molar-refractivity contribution in [1.82, 2.24) is 20.3 Å². The van der Waals surface area contributed by atoms with E-state index >= 15 is 0 Å². The standard InChI is InChI=1S/C11H10N4OS3/c1-3-8(17-5-1)10-13-9(16-15-10)4-2-6-18-11-14-12-7-19-11/h1,3,5,7H,2,4,6H2. The molecule has 0 fully saturated rings. The third-order valence-electron chi connectivity index (χ3n) is 2.31. The van der Waals surface area contributed by atoms with Crippen LogP contribution in [-0.2, 0) is 6.42 Å². The molecular weight excluding hydrogens is 300 g/mol. The zero-order valence-corrected chi connectivity index (χ0v) is 12.3. The van der Waals surface area contributed by atoms with E-state index in [0.29, 0.717) is 11.7 Å². The maximum atomic E-state index is 5.24. The lowest BCUT2D eigenvalue weighted by atomic mass is 10.3. The third-order valence-corrected chi connectivity index (χ3v) is 5.12. The maximum Gasteiger partial charge on any atom is 0.227 e. The van der Waals surface area contributed by atoms with Crippen molar-refractivity contribution in [2.24, 2.45) is 0 Å². The second-order valence-corrected chi connectivity index (χ2v) is 6.77. The van der Waals surface area contributed by atoms with Crippen molar-refractivity contribution >= 4 is 34.4 Å². The van der Waals surface area contributed by atoms with Crippen LogP contribution in [-0.4, -0.2) is 26.1 Å². The number of aromatic nitrogens is 4. The molecule has 98 valence electrons. The monoisotopic (exact) mass is 310 g/mol. The molecule has 3 rings (SSSR count). The first kappa shape index (κ1) is 12.8. The van der Waals surface area contributed by atoms with Crippen LogP contribution in [0, 0.1) is 0 Å². The highest BCUT2D eigenvalue weighted by molar-refractivity contribution is 8.00. The molecule has 3 aromatic rings. The minimum Gasteiger partial charge on any atom is -0.339 e. The number of aryl methyl sites for hydroxylation is 1. The maximum absolute atomic E-state index is 5.24. The van der Waals surface area contributed by atoms with Gasteiger partial charge >= 0.3 is 0 Å². The van der Waals surface area contributed by atoms with Gasteiger partial charge in [0, 0.05) is 12.2 Å². The summed E-state index contributed by atoms with van der Waals surface area (Å²) in [6.07, 6.45) is 1.78. The fraction of sp³-hybridized carbons (Fsp3) is 0.273. The molecule has 5 nitrogen and oxygen atoms in total. The fourth-order valence-electron chi connectivity index (χ4n) is 1.47. The summed E-state index contributed by atoms with van der Waals surface area (Å²) < 4.78 is 6.24. The van der Waals surface area contributed by atoms with Crippen molar-refractivity contribution < 1.29 is 4.52 Å². The van der Waals surface area contributed by atoms with E-state index in [0.717, 1.165) is 27.8 Å². The molecule has 0 spiro atoms. The minimum atomic E-state index is 0.682. The molecule has 3 aromatic heterocycles. The minimum absolute atomic E-state index is 0.682. The number of thiophene rings is 1. The molecule has 19 heavy (non-hydrogen) atoms. The van der Waals surface area contributed by atoms with E-state index in [-0.39, 0.29) is 0 Å². The van der Waals surface area contributed by atoms with Crippen molar-refractivity contribution in [3.05, 3.63) is 28.9 Å². The molecule has 0 bridgehead atoms. The lowest BCUT2D eigenvalue weighted by Gasteiger charge is -1.94. The van der Waals surface area contributed by atoms with Crippen LogP contribution in [0.3, 0.4) is 0 Å². The molecule has 0 unspecified atom stereocenters. The third kappa shape index (κ3) is 3.40. The molecule has 0 aliphatic rings. The van der Waals surface area contributed by atoms with E-state index in [4.69, 9.17) is 4.52 Å². The summed E-state index contributed by atoms with van der Waals surface area (Å²) >= 11 is 4.88. The Bertz CT molecular complexity index is 606.